The van der Waals surface area contributed by atoms with Gasteiger partial charge < -0.3 is 10.1 Å². The molecule has 0 saturated heterocycles. The average molecular weight is 345 g/mol. The number of amides is 1. The molecule has 1 amide bonds. The summed E-state index contributed by atoms with van der Waals surface area (Å²) < 4.78 is 5.37. The molecule has 2 fully saturated rings. The fraction of sp³-hybridized carbons (Fsp3) is 0.700. The Balaban J connectivity index is 1.47. The van der Waals surface area contributed by atoms with Gasteiger partial charge in [-0.25, -0.2) is 4.79 Å². The highest BCUT2D eigenvalue weighted by molar-refractivity contribution is 5.68. The molecule has 0 bridgehead atoms. The lowest BCUT2D eigenvalue weighted by Crippen LogP contribution is -2.38. The number of rotatable bonds is 6. The molecular formula is C20H31N3O2. The van der Waals surface area contributed by atoms with Crippen LogP contribution in [0.4, 0.5) is 4.79 Å². The Morgan fingerprint density at radius 3 is 2.72 bits per heavy atom. The van der Waals surface area contributed by atoms with Gasteiger partial charge >= 0.3 is 6.09 Å². The number of carbonyl (C=O) groups is 1. The van der Waals surface area contributed by atoms with Crippen molar-refractivity contribution in [1.82, 2.24) is 15.2 Å². The average Bonchev–Trinajstić information content (AvgIpc) is 3.28. The van der Waals surface area contributed by atoms with E-state index in [4.69, 9.17) is 4.74 Å². The van der Waals surface area contributed by atoms with Crippen LogP contribution in [-0.4, -0.2) is 40.2 Å². The molecule has 1 aromatic heterocycles. The van der Waals surface area contributed by atoms with Crippen molar-refractivity contribution < 1.29 is 9.53 Å². The van der Waals surface area contributed by atoms with Crippen LogP contribution in [-0.2, 0) is 11.3 Å². The molecule has 138 valence electrons. The summed E-state index contributed by atoms with van der Waals surface area (Å²) in [5.41, 5.74) is 0.712. The van der Waals surface area contributed by atoms with E-state index in [0.29, 0.717) is 5.92 Å². The molecule has 1 aromatic rings. The van der Waals surface area contributed by atoms with Gasteiger partial charge in [0.05, 0.1) is 5.69 Å². The van der Waals surface area contributed by atoms with Crippen molar-refractivity contribution in [2.45, 2.75) is 77.1 Å². The summed E-state index contributed by atoms with van der Waals surface area (Å²) in [7, 11) is 0. The summed E-state index contributed by atoms with van der Waals surface area (Å²) in [5, 5.41) is 3.04. The van der Waals surface area contributed by atoms with Crippen LogP contribution in [0.3, 0.4) is 0 Å². The Kier molecular flexibility index (Phi) is 5.62. The van der Waals surface area contributed by atoms with E-state index in [1.165, 1.54) is 19.3 Å². The number of carbonyl (C=O) groups excluding carboxylic acids is 1. The maximum atomic E-state index is 12.0. The van der Waals surface area contributed by atoms with Crippen molar-refractivity contribution in [3.8, 4) is 0 Å². The molecule has 25 heavy (non-hydrogen) atoms. The van der Waals surface area contributed by atoms with Gasteiger partial charge in [-0.15, -0.1) is 0 Å². The van der Waals surface area contributed by atoms with Crippen LogP contribution >= 0.6 is 0 Å². The Labute approximate surface area is 151 Å². The van der Waals surface area contributed by atoms with E-state index >= 15 is 0 Å². The van der Waals surface area contributed by atoms with Crippen LogP contribution in [0.2, 0.25) is 0 Å². The van der Waals surface area contributed by atoms with E-state index in [1.54, 1.807) is 0 Å². The molecule has 2 aliphatic rings. The van der Waals surface area contributed by atoms with Crippen molar-refractivity contribution in [3.63, 3.8) is 0 Å². The number of hydrogen-bond acceptors (Lipinski definition) is 4. The van der Waals surface area contributed by atoms with Crippen molar-refractivity contribution in [1.29, 1.82) is 0 Å². The lowest BCUT2D eigenvalue weighted by molar-refractivity contribution is 0.0504. The first-order valence-electron chi connectivity index (χ1n) is 9.52. The van der Waals surface area contributed by atoms with Gasteiger partial charge in [-0.05, 0) is 70.9 Å². The van der Waals surface area contributed by atoms with Gasteiger partial charge in [-0.2, -0.15) is 0 Å². The molecule has 0 radical (unpaired) electrons. The number of nitrogens with one attached hydrogen (secondary N) is 1. The largest absolute Gasteiger partial charge is 0.444 e. The number of pyridine rings is 1. The number of aromatic nitrogens is 1. The van der Waals surface area contributed by atoms with E-state index in [1.807, 2.05) is 33.0 Å². The van der Waals surface area contributed by atoms with Gasteiger partial charge in [0, 0.05) is 31.4 Å². The van der Waals surface area contributed by atoms with Crippen molar-refractivity contribution in [2.24, 2.45) is 5.92 Å². The van der Waals surface area contributed by atoms with Gasteiger partial charge in [0.15, 0.2) is 0 Å². The van der Waals surface area contributed by atoms with Crippen LogP contribution in [0, 0.1) is 5.92 Å². The first kappa shape index (κ1) is 18.2. The van der Waals surface area contributed by atoms with E-state index < -0.39 is 5.60 Å². The predicted octanol–water partition coefficient (Wildman–Crippen LogP) is 3.74. The molecule has 1 heterocycles. The molecule has 0 aliphatic heterocycles. The molecule has 0 unspecified atom stereocenters. The fourth-order valence-electron chi connectivity index (χ4n) is 3.66. The number of alkyl carbamates (subject to hydrolysis) is 1. The van der Waals surface area contributed by atoms with Gasteiger partial charge in [0.25, 0.3) is 0 Å². The molecule has 0 aromatic carbocycles. The van der Waals surface area contributed by atoms with Crippen LogP contribution in [0.25, 0.3) is 0 Å². The Morgan fingerprint density at radius 1 is 1.28 bits per heavy atom. The topological polar surface area (TPSA) is 54.5 Å². The summed E-state index contributed by atoms with van der Waals surface area (Å²) in [6, 6.07) is 7.10. The molecule has 1 N–H and O–H groups in total. The zero-order chi connectivity index (χ0) is 17.9. The molecule has 2 atom stereocenters. The third-order valence-corrected chi connectivity index (χ3v) is 4.91. The van der Waals surface area contributed by atoms with Crippen LogP contribution in [0.1, 0.15) is 58.6 Å². The van der Waals surface area contributed by atoms with E-state index in [2.05, 4.69) is 27.3 Å². The van der Waals surface area contributed by atoms with Crippen LogP contribution in [0.15, 0.2) is 24.4 Å². The molecule has 2 aliphatic carbocycles. The van der Waals surface area contributed by atoms with E-state index in [9.17, 15) is 4.79 Å². The second-order valence-corrected chi connectivity index (χ2v) is 8.50. The predicted molar refractivity (Wildman–Crippen MR) is 98.2 cm³/mol. The Bertz CT molecular complexity index is 566. The van der Waals surface area contributed by atoms with Crippen molar-refractivity contribution in [2.75, 3.05) is 6.54 Å². The standard InChI is InChI=1S/C20H31N3O2/c1-20(2,3)25-19(24)22-16-8-7-15(12-16)13-23(18-9-10-18)14-17-6-4-5-11-21-17/h4-6,11,15-16,18H,7-10,12-14H2,1-3H3,(H,22,24)/t15-,16+/m1/s1. The molecule has 5 nitrogen and oxygen atoms in total. The van der Waals surface area contributed by atoms with Crippen molar-refractivity contribution >= 4 is 6.09 Å². The summed E-state index contributed by atoms with van der Waals surface area (Å²) in [6.07, 6.45) is 7.46. The van der Waals surface area contributed by atoms with Crippen LogP contribution in [0.5, 0.6) is 0 Å². The minimum atomic E-state index is -0.437. The van der Waals surface area contributed by atoms with Gasteiger partial charge in [-0.1, -0.05) is 6.07 Å². The highest BCUT2D eigenvalue weighted by Crippen LogP contribution is 2.33. The Morgan fingerprint density at radius 2 is 2.08 bits per heavy atom. The minimum absolute atomic E-state index is 0.246. The molecule has 5 heteroatoms. The minimum Gasteiger partial charge on any atom is -0.444 e. The fourth-order valence-corrected chi connectivity index (χ4v) is 3.66. The highest BCUT2D eigenvalue weighted by atomic mass is 16.6. The monoisotopic (exact) mass is 345 g/mol. The third kappa shape index (κ3) is 5.99. The second-order valence-electron chi connectivity index (χ2n) is 8.50. The third-order valence-electron chi connectivity index (χ3n) is 4.91. The maximum Gasteiger partial charge on any atom is 0.407 e. The normalized spacial score (nSPS) is 23.7. The molecular weight excluding hydrogens is 314 g/mol. The van der Waals surface area contributed by atoms with E-state index in [0.717, 1.165) is 37.7 Å². The molecule has 3 rings (SSSR count). The maximum absolute atomic E-state index is 12.0. The molecule has 2 saturated carbocycles. The summed E-state index contributed by atoms with van der Waals surface area (Å²) in [4.78, 5) is 19.0. The number of hydrogen-bond donors (Lipinski definition) is 1. The Hall–Kier alpha value is -1.62. The van der Waals surface area contributed by atoms with Gasteiger partial charge in [-0.3, -0.25) is 9.88 Å². The summed E-state index contributed by atoms with van der Waals surface area (Å²) in [6.45, 7) is 7.74. The number of nitrogens with zero attached hydrogens (tertiary/aromatic N) is 2. The smallest absolute Gasteiger partial charge is 0.407 e. The first-order chi connectivity index (χ1) is 11.9. The SMILES string of the molecule is CC(C)(C)OC(=O)N[C@H]1CC[C@@H](CN(Cc2ccccn2)C2CC2)C1. The lowest BCUT2D eigenvalue weighted by Gasteiger charge is -2.25. The first-order valence-corrected chi connectivity index (χ1v) is 9.52. The zero-order valence-electron chi connectivity index (χ0n) is 15.7. The van der Waals surface area contributed by atoms with Crippen molar-refractivity contribution in [3.05, 3.63) is 30.1 Å². The highest BCUT2D eigenvalue weighted by Gasteiger charge is 2.34. The summed E-state index contributed by atoms with van der Waals surface area (Å²) >= 11 is 0. The second kappa shape index (κ2) is 7.73. The zero-order valence-corrected chi connectivity index (χ0v) is 15.7. The quantitative estimate of drug-likeness (QED) is 0.853. The molecule has 0 spiro atoms. The van der Waals surface area contributed by atoms with Crippen LogP contribution < -0.4 is 5.32 Å². The van der Waals surface area contributed by atoms with E-state index in [-0.39, 0.29) is 12.1 Å². The van der Waals surface area contributed by atoms with Gasteiger partial charge in [0.1, 0.15) is 5.60 Å². The lowest BCUT2D eigenvalue weighted by atomic mass is 10.1. The summed E-state index contributed by atoms with van der Waals surface area (Å²) in [5.74, 6) is 0.643. The number of ether oxygens (including phenoxy) is 1. The van der Waals surface area contributed by atoms with Gasteiger partial charge in [0.2, 0.25) is 0 Å².